The lowest BCUT2D eigenvalue weighted by Gasteiger charge is -2.13. The highest BCUT2D eigenvalue weighted by Gasteiger charge is 2.16. The van der Waals surface area contributed by atoms with E-state index in [1.54, 1.807) is 18.2 Å². The molecule has 0 spiro atoms. The monoisotopic (exact) mass is 316 g/mol. The maximum absolute atomic E-state index is 11.7. The van der Waals surface area contributed by atoms with Crippen molar-refractivity contribution in [3.8, 4) is 0 Å². The molecule has 0 bridgehead atoms. The van der Waals surface area contributed by atoms with Gasteiger partial charge in [-0.25, -0.2) is 4.79 Å². The van der Waals surface area contributed by atoms with Crippen molar-refractivity contribution in [2.75, 3.05) is 5.32 Å². The molecule has 0 saturated heterocycles. The number of hydrogen-bond donors (Lipinski definition) is 2. The van der Waals surface area contributed by atoms with Crippen molar-refractivity contribution >= 4 is 39.2 Å². The molecule has 0 radical (unpaired) electrons. The Morgan fingerprint density at radius 1 is 1.35 bits per heavy atom. The second kappa shape index (κ2) is 5.74. The van der Waals surface area contributed by atoms with Crippen molar-refractivity contribution in [2.24, 2.45) is 0 Å². The Hall–Kier alpha value is -0.740. The fraction of sp³-hybridized carbons (Fsp3) is 0.417. The molecule has 0 aromatic heterocycles. The van der Waals surface area contributed by atoms with Crippen LogP contribution in [0.5, 0.6) is 0 Å². The molecule has 0 unspecified atom stereocenters. The molecule has 1 fully saturated rings. The van der Waals surface area contributed by atoms with E-state index in [0.29, 0.717) is 11.1 Å². The lowest BCUT2D eigenvalue weighted by atomic mass is 10.2. The second-order valence-corrected chi connectivity index (χ2v) is 5.47. The molecule has 17 heavy (non-hydrogen) atoms. The highest BCUT2D eigenvalue weighted by atomic mass is 79.9. The molecule has 0 heterocycles. The number of nitrogens with one attached hydrogen (secondary N) is 2. The van der Waals surface area contributed by atoms with Crippen LogP contribution < -0.4 is 10.6 Å². The van der Waals surface area contributed by atoms with Gasteiger partial charge in [-0.1, -0.05) is 24.4 Å². The average molecular weight is 318 g/mol. The standard InChI is InChI=1S/C12H14BrClN2O/c13-10-7-9(5-6-11(10)14)16-12(17)15-8-3-1-2-4-8/h5-8H,1-4H2,(H2,15,16,17). The first-order valence-corrected chi connectivity index (χ1v) is 6.85. The number of rotatable bonds is 2. The van der Waals surface area contributed by atoms with Crippen LogP contribution in [0.2, 0.25) is 5.02 Å². The quantitative estimate of drug-likeness (QED) is 0.844. The lowest BCUT2D eigenvalue weighted by molar-refractivity contribution is 0.248. The van der Waals surface area contributed by atoms with Gasteiger partial charge in [-0.05, 0) is 47.0 Å². The van der Waals surface area contributed by atoms with Gasteiger partial charge >= 0.3 is 6.03 Å². The van der Waals surface area contributed by atoms with E-state index >= 15 is 0 Å². The molecule has 3 nitrogen and oxygen atoms in total. The number of benzene rings is 1. The van der Waals surface area contributed by atoms with E-state index in [9.17, 15) is 4.79 Å². The minimum atomic E-state index is -0.147. The molecule has 2 amide bonds. The maximum atomic E-state index is 11.7. The van der Waals surface area contributed by atoms with Crippen LogP contribution in [-0.4, -0.2) is 12.1 Å². The fourth-order valence-corrected chi connectivity index (χ4v) is 2.49. The maximum Gasteiger partial charge on any atom is 0.319 e. The van der Waals surface area contributed by atoms with Gasteiger partial charge in [0.05, 0.1) is 5.02 Å². The summed E-state index contributed by atoms with van der Waals surface area (Å²) in [5.41, 5.74) is 0.733. The van der Waals surface area contributed by atoms with Gasteiger partial charge in [-0.3, -0.25) is 0 Å². The number of hydrogen-bond acceptors (Lipinski definition) is 1. The largest absolute Gasteiger partial charge is 0.335 e. The van der Waals surface area contributed by atoms with E-state index in [1.165, 1.54) is 12.8 Å². The van der Waals surface area contributed by atoms with Gasteiger partial charge in [-0.15, -0.1) is 0 Å². The van der Waals surface area contributed by atoms with E-state index in [1.807, 2.05) is 0 Å². The van der Waals surface area contributed by atoms with Gasteiger partial charge in [0.1, 0.15) is 0 Å². The number of carbonyl (C=O) groups is 1. The summed E-state index contributed by atoms with van der Waals surface area (Å²) in [6, 6.07) is 5.49. The highest BCUT2D eigenvalue weighted by Crippen LogP contribution is 2.25. The zero-order valence-corrected chi connectivity index (χ0v) is 11.6. The summed E-state index contributed by atoms with van der Waals surface area (Å²) in [5, 5.41) is 6.39. The van der Waals surface area contributed by atoms with Gasteiger partial charge in [0, 0.05) is 16.2 Å². The molecule has 0 atom stereocenters. The second-order valence-electron chi connectivity index (χ2n) is 4.21. The van der Waals surface area contributed by atoms with Gasteiger partial charge in [0.2, 0.25) is 0 Å². The van der Waals surface area contributed by atoms with Crippen LogP contribution >= 0.6 is 27.5 Å². The first-order chi connectivity index (χ1) is 8.15. The first kappa shape index (κ1) is 12.7. The molecule has 1 aliphatic rings. The smallest absolute Gasteiger partial charge is 0.319 e. The van der Waals surface area contributed by atoms with Gasteiger partial charge in [0.15, 0.2) is 0 Å². The first-order valence-electron chi connectivity index (χ1n) is 5.68. The Balaban J connectivity index is 1.90. The third-order valence-electron chi connectivity index (χ3n) is 2.87. The Morgan fingerprint density at radius 2 is 2.06 bits per heavy atom. The van der Waals surface area contributed by atoms with Crippen LogP contribution in [0, 0.1) is 0 Å². The van der Waals surface area contributed by atoms with Crippen molar-refractivity contribution in [1.82, 2.24) is 5.32 Å². The number of anilines is 1. The van der Waals surface area contributed by atoms with Crippen LogP contribution in [0.4, 0.5) is 10.5 Å². The molecule has 2 rings (SSSR count). The van der Waals surface area contributed by atoms with Crippen LogP contribution in [0.1, 0.15) is 25.7 Å². The summed E-state index contributed by atoms with van der Waals surface area (Å²) in [6.07, 6.45) is 4.57. The lowest BCUT2D eigenvalue weighted by Crippen LogP contribution is -2.36. The molecule has 1 aromatic carbocycles. The van der Waals surface area contributed by atoms with Crippen LogP contribution in [0.3, 0.4) is 0 Å². The summed E-state index contributed by atoms with van der Waals surface area (Å²) in [5.74, 6) is 0. The number of halogens is 2. The molecule has 5 heteroatoms. The summed E-state index contributed by atoms with van der Waals surface area (Å²) in [4.78, 5) is 11.7. The predicted octanol–water partition coefficient (Wildman–Crippen LogP) is 4.17. The van der Waals surface area contributed by atoms with E-state index in [2.05, 4.69) is 26.6 Å². The highest BCUT2D eigenvalue weighted by molar-refractivity contribution is 9.10. The Morgan fingerprint density at radius 3 is 2.71 bits per heavy atom. The van der Waals surface area contributed by atoms with Gasteiger partial charge < -0.3 is 10.6 Å². The third-order valence-corrected chi connectivity index (χ3v) is 4.08. The van der Waals surface area contributed by atoms with Crippen molar-refractivity contribution in [1.29, 1.82) is 0 Å². The molecule has 2 N–H and O–H groups in total. The van der Waals surface area contributed by atoms with Crippen LogP contribution in [0.15, 0.2) is 22.7 Å². The summed E-state index contributed by atoms with van der Waals surface area (Å²) < 4.78 is 0.776. The molecule has 1 aromatic rings. The molecular weight excluding hydrogens is 304 g/mol. The van der Waals surface area contributed by atoms with E-state index in [0.717, 1.165) is 23.0 Å². The minimum absolute atomic E-state index is 0.147. The average Bonchev–Trinajstić information content (AvgIpc) is 2.76. The zero-order valence-electron chi connectivity index (χ0n) is 9.30. The Bertz CT molecular complexity index is 419. The third kappa shape index (κ3) is 3.61. The minimum Gasteiger partial charge on any atom is -0.335 e. The van der Waals surface area contributed by atoms with Gasteiger partial charge in [0.25, 0.3) is 0 Å². The Kier molecular flexibility index (Phi) is 4.29. The number of amides is 2. The van der Waals surface area contributed by atoms with E-state index in [-0.39, 0.29) is 6.03 Å². The summed E-state index contributed by atoms with van der Waals surface area (Å²) in [7, 11) is 0. The fourth-order valence-electron chi connectivity index (χ4n) is 2.00. The number of urea groups is 1. The molecule has 92 valence electrons. The SMILES string of the molecule is O=C(Nc1ccc(Cl)c(Br)c1)NC1CCCC1. The normalized spacial score (nSPS) is 15.9. The summed E-state index contributed by atoms with van der Waals surface area (Å²) >= 11 is 9.20. The van der Waals surface area contributed by atoms with Gasteiger partial charge in [-0.2, -0.15) is 0 Å². The molecule has 1 aliphatic carbocycles. The molecule has 0 aliphatic heterocycles. The molecular formula is C12H14BrClN2O. The van der Waals surface area contributed by atoms with Crippen molar-refractivity contribution < 1.29 is 4.79 Å². The summed E-state index contributed by atoms with van der Waals surface area (Å²) in [6.45, 7) is 0. The van der Waals surface area contributed by atoms with Crippen LogP contribution in [-0.2, 0) is 0 Å². The topological polar surface area (TPSA) is 41.1 Å². The van der Waals surface area contributed by atoms with Crippen LogP contribution in [0.25, 0.3) is 0 Å². The van der Waals surface area contributed by atoms with Crippen molar-refractivity contribution in [2.45, 2.75) is 31.7 Å². The van der Waals surface area contributed by atoms with Crippen molar-refractivity contribution in [3.05, 3.63) is 27.7 Å². The molecule has 1 saturated carbocycles. The van der Waals surface area contributed by atoms with Crippen molar-refractivity contribution in [3.63, 3.8) is 0 Å². The number of carbonyl (C=O) groups excluding carboxylic acids is 1. The van der Waals surface area contributed by atoms with E-state index in [4.69, 9.17) is 11.6 Å². The zero-order chi connectivity index (χ0) is 12.3. The predicted molar refractivity (Wildman–Crippen MR) is 73.6 cm³/mol. The van der Waals surface area contributed by atoms with E-state index < -0.39 is 0 Å². The Labute approximate surface area is 114 Å².